The molecule has 1 saturated heterocycles. The molecule has 0 bridgehead atoms. The number of aryl methyl sites for hydroxylation is 1. The molecule has 1 atom stereocenters. The van der Waals surface area contributed by atoms with Gasteiger partial charge in [-0.05, 0) is 18.6 Å². The van der Waals surface area contributed by atoms with Crippen molar-refractivity contribution in [2.24, 2.45) is 0 Å². The van der Waals surface area contributed by atoms with Gasteiger partial charge in [-0.1, -0.05) is 18.2 Å². The number of anilines is 1. The Balaban J connectivity index is 1.84. The van der Waals surface area contributed by atoms with E-state index in [2.05, 4.69) is 41.0 Å². The molecule has 0 radical (unpaired) electrons. The SMILES string of the molecule is COCC(O)CN1CCN(c2ccccc2C)CC1. The van der Waals surface area contributed by atoms with E-state index < -0.39 is 0 Å². The van der Waals surface area contributed by atoms with Gasteiger partial charge in [0.15, 0.2) is 0 Å². The lowest BCUT2D eigenvalue weighted by molar-refractivity contribution is 0.0365. The highest BCUT2D eigenvalue weighted by molar-refractivity contribution is 5.53. The summed E-state index contributed by atoms with van der Waals surface area (Å²) in [5.74, 6) is 0. The Morgan fingerprint density at radius 3 is 2.53 bits per heavy atom. The maximum Gasteiger partial charge on any atom is 0.0900 e. The molecule has 1 aromatic carbocycles. The first-order valence-electron chi connectivity index (χ1n) is 6.90. The Morgan fingerprint density at radius 2 is 1.89 bits per heavy atom. The normalized spacial score (nSPS) is 18.6. The van der Waals surface area contributed by atoms with E-state index in [-0.39, 0.29) is 6.10 Å². The molecule has 0 aromatic heterocycles. The van der Waals surface area contributed by atoms with Crippen molar-refractivity contribution >= 4 is 5.69 Å². The van der Waals surface area contributed by atoms with Crippen LogP contribution in [0.1, 0.15) is 5.56 Å². The summed E-state index contributed by atoms with van der Waals surface area (Å²) in [7, 11) is 1.62. The third-order valence-electron chi connectivity index (χ3n) is 3.66. The van der Waals surface area contributed by atoms with Crippen LogP contribution in [-0.2, 0) is 4.74 Å². The molecule has 0 saturated carbocycles. The Labute approximate surface area is 115 Å². The first kappa shape index (κ1) is 14.3. The zero-order valence-corrected chi connectivity index (χ0v) is 11.9. The summed E-state index contributed by atoms with van der Waals surface area (Å²) in [6.45, 7) is 7.30. The average Bonchev–Trinajstić information content (AvgIpc) is 2.41. The van der Waals surface area contributed by atoms with Crippen LogP contribution >= 0.6 is 0 Å². The zero-order chi connectivity index (χ0) is 13.7. The predicted molar refractivity (Wildman–Crippen MR) is 77.7 cm³/mol. The maximum absolute atomic E-state index is 9.75. The summed E-state index contributed by atoms with van der Waals surface area (Å²) in [5.41, 5.74) is 2.66. The smallest absolute Gasteiger partial charge is 0.0900 e. The number of benzene rings is 1. The molecule has 1 heterocycles. The fourth-order valence-electron chi connectivity index (χ4n) is 2.63. The van der Waals surface area contributed by atoms with Crippen molar-refractivity contribution in [3.8, 4) is 0 Å². The number of hydrogen-bond donors (Lipinski definition) is 1. The van der Waals surface area contributed by atoms with Gasteiger partial charge in [0, 0.05) is 45.5 Å². The van der Waals surface area contributed by atoms with E-state index in [1.54, 1.807) is 7.11 Å². The molecular formula is C15H24N2O2. The first-order valence-corrected chi connectivity index (χ1v) is 6.90. The van der Waals surface area contributed by atoms with Crippen LogP contribution in [0.25, 0.3) is 0 Å². The standard InChI is InChI=1S/C15H24N2O2/c1-13-5-3-4-6-15(13)17-9-7-16(8-10-17)11-14(18)12-19-2/h3-6,14,18H,7-12H2,1-2H3. The van der Waals surface area contributed by atoms with E-state index in [1.807, 2.05) is 0 Å². The van der Waals surface area contributed by atoms with Gasteiger partial charge >= 0.3 is 0 Å². The van der Waals surface area contributed by atoms with Crippen LogP contribution in [-0.4, -0.2) is 62.6 Å². The number of para-hydroxylation sites is 1. The molecule has 1 aliphatic rings. The summed E-state index contributed by atoms with van der Waals surface area (Å²) < 4.78 is 4.96. The molecule has 1 N–H and O–H groups in total. The lowest BCUT2D eigenvalue weighted by Crippen LogP contribution is -2.49. The van der Waals surface area contributed by atoms with Gasteiger partial charge < -0.3 is 14.7 Å². The van der Waals surface area contributed by atoms with Crippen molar-refractivity contribution in [1.29, 1.82) is 0 Å². The lowest BCUT2D eigenvalue weighted by Gasteiger charge is -2.37. The molecule has 1 aromatic rings. The van der Waals surface area contributed by atoms with Crippen LogP contribution in [0.4, 0.5) is 5.69 Å². The van der Waals surface area contributed by atoms with Gasteiger partial charge in [-0.3, -0.25) is 4.90 Å². The summed E-state index contributed by atoms with van der Waals surface area (Å²) >= 11 is 0. The number of rotatable bonds is 5. The van der Waals surface area contributed by atoms with Gasteiger partial charge in [-0.2, -0.15) is 0 Å². The number of nitrogens with zero attached hydrogens (tertiary/aromatic N) is 2. The van der Waals surface area contributed by atoms with E-state index in [0.29, 0.717) is 13.2 Å². The topological polar surface area (TPSA) is 35.9 Å². The molecule has 0 aliphatic carbocycles. The zero-order valence-electron chi connectivity index (χ0n) is 11.9. The van der Waals surface area contributed by atoms with Gasteiger partial charge in [0.1, 0.15) is 0 Å². The number of ether oxygens (including phenoxy) is 1. The number of β-amino-alcohol motifs (C(OH)–C–C–N with tert-alkyl or cyclic N) is 1. The molecular weight excluding hydrogens is 240 g/mol. The molecule has 19 heavy (non-hydrogen) atoms. The van der Waals surface area contributed by atoms with Gasteiger partial charge in [0.2, 0.25) is 0 Å². The van der Waals surface area contributed by atoms with Crippen LogP contribution in [0.2, 0.25) is 0 Å². The van der Waals surface area contributed by atoms with Crippen molar-refractivity contribution in [2.75, 3.05) is 51.3 Å². The van der Waals surface area contributed by atoms with Gasteiger partial charge in [0.25, 0.3) is 0 Å². The van der Waals surface area contributed by atoms with E-state index in [0.717, 1.165) is 26.2 Å². The van der Waals surface area contributed by atoms with Crippen molar-refractivity contribution in [1.82, 2.24) is 4.90 Å². The highest BCUT2D eigenvalue weighted by Gasteiger charge is 2.19. The van der Waals surface area contributed by atoms with E-state index in [9.17, 15) is 5.11 Å². The van der Waals surface area contributed by atoms with Crippen LogP contribution in [0, 0.1) is 6.92 Å². The molecule has 0 spiro atoms. The minimum atomic E-state index is -0.380. The largest absolute Gasteiger partial charge is 0.389 e. The second kappa shape index (κ2) is 6.89. The monoisotopic (exact) mass is 264 g/mol. The van der Waals surface area contributed by atoms with E-state index in [1.165, 1.54) is 11.3 Å². The highest BCUT2D eigenvalue weighted by Crippen LogP contribution is 2.20. The number of aliphatic hydroxyl groups excluding tert-OH is 1. The molecule has 4 heteroatoms. The Bertz CT molecular complexity index is 389. The number of hydrogen-bond acceptors (Lipinski definition) is 4. The molecule has 1 aliphatic heterocycles. The van der Waals surface area contributed by atoms with Crippen LogP contribution in [0.5, 0.6) is 0 Å². The van der Waals surface area contributed by atoms with Crippen molar-refractivity contribution in [2.45, 2.75) is 13.0 Å². The van der Waals surface area contributed by atoms with Crippen molar-refractivity contribution in [3.63, 3.8) is 0 Å². The predicted octanol–water partition coefficient (Wildman–Crippen LogP) is 1.12. The third kappa shape index (κ3) is 3.93. The van der Waals surface area contributed by atoms with Crippen molar-refractivity contribution < 1.29 is 9.84 Å². The molecule has 4 nitrogen and oxygen atoms in total. The molecule has 106 valence electrons. The van der Waals surface area contributed by atoms with E-state index >= 15 is 0 Å². The summed E-state index contributed by atoms with van der Waals surface area (Å²) in [4.78, 5) is 4.73. The number of piperazine rings is 1. The van der Waals surface area contributed by atoms with E-state index in [4.69, 9.17) is 4.74 Å². The van der Waals surface area contributed by atoms with Gasteiger partial charge in [-0.15, -0.1) is 0 Å². The third-order valence-corrected chi connectivity index (χ3v) is 3.66. The number of methoxy groups -OCH3 is 1. The van der Waals surface area contributed by atoms with Crippen LogP contribution in [0.15, 0.2) is 24.3 Å². The first-order chi connectivity index (χ1) is 9.20. The summed E-state index contributed by atoms with van der Waals surface area (Å²) in [6.07, 6.45) is -0.380. The maximum atomic E-state index is 9.75. The van der Waals surface area contributed by atoms with Crippen molar-refractivity contribution in [3.05, 3.63) is 29.8 Å². The fourth-order valence-corrected chi connectivity index (χ4v) is 2.63. The molecule has 1 fully saturated rings. The Hall–Kier alpha value is -1.10. The second-order valence-electron chi connectivity index (χ2n) is 5.18. The summed E-state index contributed by atoms with van der Waals surface area (Å²) in [5, 5.41) is 9.75. The second-order valence-corrected chi connectivity index (χ2v) is 5.18. The minimum Gasteiger partial charge on any atom is -0.389 e. The quantitative estimate of drug-likeness (QED) is 0.865. The van der Waals surface area contributed by atoms with Gasteiger partial charge in [-0.25, -0.2) is 0 Å². The van der Waals surface area contributed by atoms with Gasteiger partial charge in [0.05, 0.1) is 12.7 Å². The molecule has 1 unspecified atom stereocenters. The highest BCUT2D eigenvalue weighted by atomic mass is 16.5. The van der Waals surface area contributed by atoms with Crippen LogP contribution < -0.4 is 4.90 Å². The van der Waals surface area contributed by atoms with Crippen LogP contribution in [0.3, 0.4) is 0 Å². The minimum absolute atomic E-state index is 0.380. The number of aliphatic hydroxyl groups is 1. The Kier molecular flexibility index (Phi) is 5.19. The average molecular weight is 264 g/mol. The Morgan fingerprint density at radius 1 is 1.21 bits per heavy atom. The molecule has 2 rings (SSSR count). The summed E-state index contributed by atoms with van der Waals surface area (Å²) in [6, 6.07) is 8.52. The lowest BCUT2D eigenvalue weighted by atomic mass is 10.1. The fraction of sp³-hybridized carbons (Fsp3) is 0.600. The molecule has 0 amide bonds.